The lowest BCUT2D eigenvalue weighted by Gasteiger charge is -2.23. The van der Waals surface area contributed by atoms with E-state index in [0.29, 0.717) is 19.6 Å². The summed E-state index contributed by atoms with van der Waals surface area (Å²) in [7, 11) is 7.71. The number of rotatable bonds is 19. The molecule has 2 rings (SSSR count). The van der Waals surface area contributed by atoms with Crippen molar-refractivity contribution in [3.05, 3.63) is 29.8 Å². The third-order valence-electron chi connectivity index (χ3n) is 5.52. The minimum Gasteiger partial charge on any atom is -0.466 e. The van der Waals surface area contributed by atoms with Crippen LogP contribution in [0.25, 0.3) is 0 Å². The lowest BCUT2D eigenvalue weighted by atomic mass is 10.1. The lowest BCUT2D eigenvalue weighted by molar-refractivity contribution is -0.144. The number of esters is 2. The molecule has 1 aromatic rings. The van der Waals surface area contributed by atoms with E-state index in [2.05, 4.69) is 4.90 Å². The fraction of sp³-hybridized carbons (Fsp3) is 0.704. The summed E-state index contributed by atoms with van der Waals surface area (Å²) in [6.07, 6.45) is 8.44. The van der Waals surface area contributed by atoms with Crippen LogP contribution >= 0.6 is 21.6 Å². The van der Waals surface area contributed by atoms with E-state index in [9.17, 15) is 9.59 Å². The molecule has 1 aliphatic rings. The molecule has 1 atom stereocenters. The van der Waals surface area contributed by atoms with Crippen LogP contribution in [0.2, 0.25) is 0 Å². The van der Waals surface area contributed by atoms with Crippen molar-refractivity contribution in [1.82, 2.24) is 4.90 Å². The van der Waals surface area contributed by atoms with E-state index < -0.39 is 0 Å². The molecule has 9 heteroatoms. The van der Waals surface area contributed by atoms with Gasteiger partial charge in [-0.1, -0.05) is 33.7 Å². The van der Waals surface area contributed by atoms with E-state index in [1.807, 2.05) is 59.9 Å². The number of unbranched alkanes of at least 4 members (excludes halogenated alkanes) is 2. The van der Waals surface area contributed by atoms with Crippen LogP contribution in [0, 0.1) is 0 Å². The molecular formula is C27H43NO6S2. The van der Waals surface area contributed by atoms with Crippen molar-refractivity contribution in [2.24, 2.45) is 0 Å². The molecular weight excluding hydrogens is 498 g/mol. The van der Waals surface area contributed by atoms with Crippen molar-refractivity contribution in [2.45, 2.75) is 70.5 Å². The topological polar surface area (TPSA) is 74.3 Å². The molecule has 1 heterocycles. The Morgan fingerprint density at radius 2 is 1.58 bits per heavy atom. The van der Waals surface area contributed by atoms with Gasteiger partial charge in [-0.3, -0.25) is 9.59 Å². The van der Waals surface area contributed by atoms with Crippen LogP contribution in [-0.4, -0.2) is 75.1 Å². The molecule has 0 aromatic heterocycles. The van der Waals surface area contributed by atoms with E-state index in [4.69, 9.17) is 18.9 Å². The fourth-order valence-corrected chi connectivity index (χ4v) is 5.78. The van der Waals surface area contributed by atoms with Gasteiger partial charge in [0, 0.05) is 24.3 Å². The van der Waals surface area contributed by atoms with Gasteiger partial charge in [0.2, 0.25) is 0 Å². The molecule has 1 aliphatic heterocycles. The number of carbonyl (C=O) groups excluding carboxylic acids is 2. The average Bonchev–Trinajstić information content (AvgIpc) is 2.86. The van der Waals surface area contributed by atoms with E-state index in [1.54, 1.807) is 0 Å². The molecule has 0 N–H and O–H groups in total. The largest absolute Gasteiger partial charge is 0.466 e. The highest BCUT2D eigenvalue weighted by Gasteiger charge is 2.15. The maximum absolute atomic E-state index is 12.1. The predicted octanol–water partition coefficient (Wildman–Crippen LogP) is 5.50. The minimum absolute atomic E-state index is 0.0903. The zero-order chi connectivity index (χ0) is 25.8. The van der Waals surface area contributed by atoms with Gasteiger partial charge in [0.05, 0.1) is 26.2 Å². The van der Waals surface area contributed by atoms with Gasteiger partial charge in [0.15, 0.2) is 6.29 Å². The van der Waals surface area contributed by atoms with Crippen molar-refractivity contribution in [2.75, 3.05) is 52.0 Å². The molecule has 36 heavy (non-hydrogen) atoms. The van der Waals surface area contributed by atoms with Gasteiger partial charge < -0.3 is 23.8 Å². The van der Waals surface area contributed by atoms with Gasteiger partial charge in [0.1, 0.15) is 5.75 Å². The Bertz CT molecular complexity index is 725. The van der Waals surface area contributed by atoms with Gasteiger partial charge in [-0.2, -0.15) is 0 Å². The Labute approximate surface area is 224 Å². The third-order valence-corrected chi connectivity index (χ3v) is 8.09. The van der Waals surface area contributed by atoms with Gasteiger partial charge in [-0.15, -0.1) is 0 Å². The average molecular weight is 542 g/mol. The Kier molecular flexibility index (Phi) is 16.8. The van der Waals surface area contributed by atoms with Crippen LogP contribution in [0.3, 0.4) is 0 Å². The first kappa shape index (κ1) is 30.8. The maximum atomic E-state index is 12.1. The maximum Gasteiger partial charge on any atom is 0.310 e. The van der Waals surface area contributed by atoms with Crippen LogP contribution in [0.15, 0.2) is 24.3 Å². The first-order chi connectivity index (χ1) is 17.5. The molecule has 7 nitrogen and oxygen atoms in total. The van der Waals surface area contributed by atoms with Crippen LogP contribution in [-0.2, 0) is 30.2 Å². The number of hydrogen-bond donors (Lipinski definition) is 0. The molecule has 1 saturated heterocycles. The van der Waals surface area contributed by atoms with Crippen molar-refractivity contribution in [1.29, 1.82) is 0 Å². The SMILES string of the molecule is CN(C)CCCC(=O)OCCCCSSCCCCOC(=O)Cc1ccc(OC2CCCCO2)cc1. The smallest absolute Gasteiger partial charge is 0.310 e. The highest BCUT2D eigenvalue weighted by molar-refractivity contribution is 8.76. The number of carbonyl (C=O) groups is 2. The second-order valence-electron chi connectivity index (χ2n) is 9.14. The third kappa shape index (κ3) is 15.6. The Hall–Kier alpha value is -1.42. The van der Waals surface area contributed by atoms with Crippen LogP contribution in [0.1, 0.15) is 63.4 Å². The molecule has 0 aliphatic carbocycles. The van der Waals surface area contributed by atoms with Gasteiger partial charge in [0.25, 0.3) is 0 Å². The van der Waals surface area contributed by atoms with Crippen molar-refractivity contribution in [3.63, 3.8) is 0 Å². The van der Waals surface area contributed by atoms with E-state index in [1.165, 1.54) is 0 Å². The standard InChI is InChI=1S/C27H43NO6S2/c1-28(2)16-9-10-25(29)31-17-5-7-20-35-36-21-8-6-18-32-26(30)22-23-12-14-24(15-13-23)34-27-11-3-4-19-33-27/h12-15,27H,3-11,16-22H2,1-2H3. The second-order valence-corrected chi connectivity index (χ2v) is 11.8. The monoisotopic (exact) mass is 541 g/mol. The molecule has 0 spiro atoms. The molecule has 1 fully saturated rings. The summed E-state index contributed by atoms with van der Waals surface area (Å²) in [6.45, 7) is 2.64. The number of ether oxygens (including phenoxy) is 4. The van der Waals surface area contributed by atoms with Crippen molar-refractivity contribution < 1.29 is 28.5 Å². The predicted molar refractivity (Wildman–Crippen MR) is 147 cm³/mol. The highest BCUT2D eigenvalue weighted by Crippen LogP contribution is 2.24. The van der Waals surface area contributed by atoms with Crippen LogP contribution < -0.4 is 4.74 Å². The molecule has 0 bridgehead atoms. The second kappa shape index (κ2) is 19.7. The van der Waals surface area contributed by atoms with E-state index in [0.717, 1.165) is 87.3 Å². The van der Waals surface area contributed by atoms with Gasteiger partial charge in [-0.25, -0.2) is 0 Å². The van der Waals surface area contributed by atoms with Gasteiger partial charge in [-0.05, 0) is 83.3 Å². The first-order valence-corrected chi connectivity index (χ1v) is 15.6. The Morgan fingerprint density at radius 3 is 2.19 bits per heavy atom. The molecule has 0 amide bonds. The summed E-state index contributed by atoms with van der Waals surface area (Å²) in [5, 5.41) is 0. The van der Waals surface area contributed by atoms with Crippen molar-refractivity contribution in [3.8, 4) is 5.75 Å². The fourth-order valence-electron chi connectivity index (χ4n) is 3.49. The van der Waals surface area contributed by atoms with Crippen LogP contribution in [0.5, 0.6) is 5.75 Å². The van der Waals surface area contributed by atoms with Gasteiger partial charge >= 0.3 is 11.9 Å². The summed E-state index contributed by atoms with van der Waals surface area (Å²) >= 11 is 0. The molecule has 1 unspecified atom stereocenters. The summed E-state index contributed by atoms with van der Waals surface area (Å²) < 4.78 is 22.0. The molecule has 0 saturated carbocycles. The zero-order valence-electron chi connectivity index (χ0n) is 21.9. The highest BCUT2D eigenvalue weighted by atomic mass is 33.1. The number of nitrogens with zero attached hydrogens (tertiary/aromatic N) is 1. The quantitative estimate of drug-likeness (QED) is 0.128. The molecule has 1 aromatic carbocycles. The number of hydrogen-bond acceptors (Lipinski definition) is 9. The zero-order valence-corrected chi connectivity index (χ0v) is 23.5. The van der Waals surface area contributed by atoms with Crippen LogP contribution in [0.4, 0.5) is 0 Å². The Morgan fingerprint density at radius 1 is 0.917 bits per heavy atom. The van der Waals surface area contributed by atoms with E-state index in [-0.39, 0.29) is 24.6 Å². The first-order valence-electron chi connectivity index (χ1n) is 13.1. The Balaban J connectivity index is 1.37. The summed E-state index contributed by atoms with van der Waals surface area (Å²) in [4.78, 5) is 25.8. The molecule has 0 radical (unpaired) electrons. The van der Waals surface area contributed by atoms with Crippen molar-refractivity contribution >= 4 is 33.5 Å². The normalized spacial score (nSPS) is 15.6. The number of benzene rings is 1. The summed E-state index contributed by atoms with van der Waals surface area (Å²) in [5.41, 5.74) is 0.919. The van der Waals surface area contributed by atoms with E-state index >= 15 is 0 Å². The summed E-state index contributed by atoms with van der Waals surface area (Å²) in [5.74, 6) is 2.57. The lowest BCUT2D eigenvalue weighted by Crippen LogP contribution is -2.24. The summed E-state index contributed by atoms with van der Waals surface area (Å²) in [6, 6.07) is 7.58. The minimum atomic E-state index is -0.195. The molecule has 204 valence electrons.